The second-order valence-electron chi connectivity index (χ2n) is 4.43. The van der Waals surface area contributed by atoms with Gasteiger partial charge in [-0.2, -0.15) is 13.2 Å². The van der Waals surface area contributed by atoms with Crippen LogP contribution in [0.3, 0.4) is 0 Å². The predicted octanol–water partition coefficient (Wildman–Crippen LogP) is 4.26. The maximum atomic E-state index is 12.4. The van der Waals surface area contributed by atoms with Gasteiger partial charge in [-0.05, 0) is 11.8 Å². The summed E-state index contributed by atoms with van der Waals surface area (Å²) in [5, 5.41) is 0. The van der Waals surface area contributed by atoms with Crippen LogP contribution in [0.5, 0.6) is 0 Å². The normalized spacial score (nSPS) is 16.1. The molecule has 0 fully saturated rings. The van der Waals surface area contributed by atoms with Crippen LogP contribution in [0.1, 0.15) is 33.6 Å². The van der Waals surface area contributed by atoms with Crippen LogP contribution in [0.2, 0.25) is 0 Å². The molecule has 0 aromatic rings. The summed E-state index contributed by atoms with van der Waals surface area (Å²) in [5.74, 6) is -1.66. The second kappa shape index (κ2) is 4.45. The van der Waals surface area contributed by atoms with Gasteiger partial charge in [0, 0.05) is 6.42 Å². The summed E-state index contributed by atoms with van der Waals surface area (Å²) in [5.41, 5.74) is -1.02. The molecule has 1 unspecified atom stereocenters. The van der Waals surface area contributed by atoms with Gasteiger partial charge in [-0.25, -0.2) is 8.78 Å². The molecule has 86 valence electrons. The van der Waals surface area contributed by atoms with E-state index in [2.05, 4.69) is 0 Å². The first-order valence-electron chi connectivity index (χ1n) is 4.40. The average Bonchev–Trinajstić information content (AvgIpc) is 1.78. The molecular formula is C9H15F5. The van der Waals surface area contributed by atoms with E-state index in [4.69, 9.17) is 0 Å². The standard InChI is InChI=1S/C9H15F5/c1-8(2,3)6(9(12,13)14)4-5-7(10)11/h6-7H,4-5H2,1-3H3. The highest BCUT2D eigenvalue weighted by Gasteiger charge is 2.46. The van der Waals surface area contributed by atoms with E-state index in [0.717, 1.165) is 0 Å². The van der Waals surface area contributed by atoms with E-state index in [0.29, 0.717) is 0 Å². The molecule has 1 atom stereocenters. The molecule has 0 aromatic carbocycles. The zero-order valence-electron chi connectivity index (χ0n) is 8.46. The van der Waals surface area contributed by atoms with Crippen LogP contribution in [0.25, 0.3) is 0 Å². The van der Waals surface area contributed by atoms with Gasteiger partial charge >= 0.3 is 6.18 Å². The van der Waals surface area contributed by atoms with Crippen molar-refractivity contribution in [3.8, 4) is 0 Å². The van der Waals surface area contributed by atoms with Gasteiger partial charge < -0.3 is 0 Å². The maximum Gasteiger partial charge on any atom is 0.392 e. The maximum absolute atomic E-state index is 12.4. The lowest BCUT2D eigenvalue weighted by Gasteiger charge is -2.32. The highest BCUT2D eigenvalue weighted by molar-refractivity contribution is 4.80. The molecule has 0 radical (unpaired) electrons. The van der Waals surface area contributed by atoms with Crippen LogP contribution < -0.4 is 0 Å². The Hall–Kier alpha value is -0.350. The van der Waals surface area contributed by atoms with Crippen LogP contribution in [0.15, 0.2) is 0 Å². The summed E-state index contributed by atoms with van der Waals surface area (Å²) in [6, 6.07) is 0. The Morgan fingerprint density at radius 1 is 0.929 bits per heavy atom. The van der Waals surface area contributed by atoms with Crippen molar-refractivity contribution < 1.29 is 22.0 Å². The van der Waals surface area contributed by atoms with Gasteiger partial charge in [-0.3, -0.25) is 0 Å². The molecule has 0 N–H and O–H groups in total. The van der Waals surface area contributed by atoms with E-state index < -0.39 is 36.8 Å². The van der Waals surface area contributed by atoms with Crippen molar-refractivity contribution >= 4 is 0 Å². The van der Waals surface area contributed by atoms with Gasteiger partial charge in [0.05, 0.1) is 5.92 Å². The van der Waals surface area contributed by atoms with Crippen LogP contribution in [0, 0.1) is 11.3 Å². The molecule has 5 heteroatoms. The molecule has 0 bridgehead atoms. The molecule has 0 amide bonds. The second-order valence-corrected chi connectivity index (χ2v) is 4.43. The summed E-state index contributed by atoms with van der Waals surface area (Å²) < 4.78 is 60.9. The monoisotopic (exact) mass is 218 g/mol. The minimum absolute atomic E-state index is 0.509. The van der Waals surface area contributed by atoms with Crippen molar-refractivity contribution in [1.29, 1.82) is 0 Å². The van der Waals surface area contributed by atoms with E-state index in [1.165, 1.54) is 20.8 Å². The lowest BCUT2D eigenvalue weighted by molar-refractivity contribution is -0.203. The van der Waals surface area contributed by atoms with Crippen molar-refractivity contribution in [3.05, 3.63) is 0 Å². The van der Waals surface area contributed by atoms with Gasteiger partial charge in [0.1, 0.15) is 0 Å². The number of rotatable bonds is 3. The third kappa shape index (κ3) is 4.77. The first-order valence-corrected chi connectivity index (χ1v) is 4.40. The van der Waals surface area contributed by atoms with E-state index in [-0.39, 0.29) is 0 Å². The summed E-state index contributed by atoms with van der Waals surface area (Å²) >= 11 is 0. The van der Waals surface area contributed by atoms with E-state index in [1.807, 2.05) is 0 Å². The molecule has 0 saturated carbocycles. The average molecular weight is 218 g/mol. The Morgan fingerprint density at radius 2 is 1.36 bits per heavy atom. The highest BCUT2D eigenvalue weighted by Crippen LogP contribution is 2.42. The molecule has 0 saturated heterocycles. The Bertz CT molecular complexity index is 151. The molecule has 14 heavy (non-hydrogen) atoms. The zero-order valence-corrected chi connectivity index (χ0v) is 8.46. The van der Waals surface area contributed by atoms with Gasteiger partial charge in [0.2, 0.25) is 6.43 Å². The van der Waals surface area contributed by atoms with E-state index in [9.17, 15) is 22.0 Å². The number of hydrogen-bond donors (Lipinski definition) is 0. The molecule has 0 aliphatic rings. The molecule has 0 aliphatic heterocycles. The first-order chi connectivity index (χ1) is 6.05. The molecule has 0 aromatic heterocycles. The largest absolute Gasteiger partial charge is 0.392 e. The Labute approximate surface area is 80.5 Å². The summed E-state index contributed by atoms with van der Waals surface area (Å²) in [7, 11) is 0. The molecule has 0 heterocycles. The lowest BCUT2D eigenvalue weighted by atomic mass is 9.77. The Balaban J connectivity index is 4.44. The SMILES string of the molecule is CC(C)(C)C(CCC(F)F)C(F)(F)F. The first kappa shape index (κ1) is 13.7. The minimum Gasteiger partial charge on any atom is -0.211 e. The Kier molecular flexibility index (Phi) is 4.34. The molecular weight excluding hydrogens is 203 g/mol. The molecule has 0 aliphatic carbocycles. The van der Waals surface area contributed by atoms with Gasteiger partial charge in [0.15, 0.2) is 0 Å². The molecule has 0 nitrogen and oxygen atoms in total. The quantitative estimate of drug-likeness (QED) is 0.621. The van der Waals surface area contributed by atoms with Crippen LogP contribution in [-0.4, -0.2) is 12.6 Å². The topological polar surface area (TPSA) is 0 Å². The predicted molar refractivity (Wildman–Crippen MR) is 44.2 cm³/mol. The van der Waals surface area contributed by atoms with Gasteiger partial charge in [0.25, 0.3) is 0 Å². The van der Waals surface area contributed by atoms with Crippen LogP contribution in [0.4, 0.5) is 22.0 Å². The third-order valence-electron chi connectivity index (χ3n) is 2.11. The fourth-order valence-electron chi connectivity index (χ4n) is 1.38. The zero-order chi connectivity index (χ0) is 11.6. The van der Waals surface area contributed by atoms with E-state index >= 15 is 0 Å². The summed E-state index contributed by atoms with van der Waals surface area (Å²) in [6.45, 7) is 4.24. The van der Waals surface area contributed by atoms with Crippen molar-refractivity contribution in [1.82, 2.24) is 0 Å². The fraction of sp³-hybridized carbons (Fsp3) is 1.00. The van der Waals surface area contributed by atoms with Gasteiger partial charge in [-0.15, -0.1) is 0 Å². The summed E-state index contributed by atoms with van der Waals surface area (Å²) in [6.07, 6.45) is -8.26. The number of hydrogen-bond acceptors (Lipinski definition) is 0. The van der Waals surface area contributed by atoms with E-state index in [1.54, 1.807) is 0 Å². The number of alkyl halides is 5. The van der Waals surface area contributed by atoms with Gasteiger partial charge in [-0.1, -0.05) is 20.8 Å². The van der Waals surface area contributed by atoms with Crippen LogP contribution in [-0.2, 0) is 0 Å². The van der Waals surface area contributed by atoms with Crippen molar-refractivity contribution in [2.24, 2.45) is 11.3 Å². The smallest absolute Gasteiger partial charge is 0.211 e. The number of halogens is 5. The van der Waals surface area contributed by atoms with Crippen molar-refractivity contribution in [2.45, 2.75) is 46.2 Å². The van der Waals surface area contributed by atoms with Crippen molar-refractivity contribution in [2.75, 3.05) is 0 Å². The molecule has 0 rings (SSSR count). The van der Waals surface area contributed by atoms with Crippen molar-refractivity contribution in [3.63, 3.8) is 0 Å². The third-order valence-corrected chi connectivity index (χ3v) is 2.11. The lowest BCUT2D eigenvalue weighted by Crippen LogP contribution is -2.34. The molecule has 0 spiro atoms. The Morgan fingerprint density at radius 3 is 1.57 bits per heavy atom. The highest BCUT2D eigenvalue weighted by atomic mass is 19.4. The fourth-order valence-corrected chi connectivity index (χ4v) is 1.38. The minimum atomic E-state index is -4.40. The summed E-state index contributed by atoms with van der Waals surface area (Å²) in [4.78, 5) is 0. The van der Waals surface area contributed by atoms with Crippen LogP contribution >= 0.6 is 0 Å².